The first-order valence-corrected chi connectivity index (χ1v) is 11.4. The lowest BCUT2D eigenvalue weighted by atomic mass is 9.94. The molecule has 0 aromatic carbocycles. The molecule has 1 aliphatic carbocycles. The molecule has 5 N–H and O–H groups in total. The Bertz CT molecular complexity index is 670. The number of carbonyl (C=O) groups is 3. The van der Waals surface area contributed by atoms with E-state index in [2.05, 4.69) is 10.6 Å². The van der Waals surface area contributed by atoms with Gasteiger partial charge in [-0.25, -0.2) is 0 Å². The normalized spacial score (nSPS) is 19.9. The van der Waals surface area contributed by atoms with Crippen LogP contribution in [0.2, 0.25) is 0 Å². The third-order valence-electron chi connectivity index (χ3n) is 5.33. The molecule has 0 saturated heterocycles. The highest BCUT2D eigenvalue weighted by atomic mass is 16.5. The molecule has 0 bridgehead atoms. The molecule has 33 heavy (non-hydrogen) atoms. The highest BCUT2D eigenvalue weighted by Gasteiger charge is 2.36. The summed E-state index contributed by atoms with van der Waals surface area (Å²) in [5, 5.41) is 35.4. The number of rotatable bonds is 11. The third-order valence-corrected chi connectivity index (χ3v) is 5.33. The van der Waals surface area contributed by atoms with Gasteiger partial charge in [0.1, 0.15) is 37.0 Å². The number of carbonyl (C=O) groups excluding carboxylic acids is 3. The molecular formula is C23H40N2O8. The van der Waals surface area contributed by atoms with Crippen LogP contribution in [0.4, 0.5) is 0 Å². The van der Waals surface area contributed by atoms with Gasteiger partial charge in [0.2, 0.25) is 5.91 Å². The molecule has 1 rings (SSSR count). The minimum atomic E-state index is -1.75. The van der Waals surface area contributed by atoms with Crippen LogP contribution < -0.4 is 10.6 Å². The van der Waals surface area contributed by atoms with Crippen molar-refractivity contribution in [2.24, 2.45) is 5.41 Å². The Hall–Kier alpha value is -2.01. The summed E-state index contributed by atoms with van der Waals surface area (Å²) >= 11 is 0. The van der Waals surface area contributed by atoms with Crippen molar-refractivity contribution < 1.29 is 39.2 Å². The Morgan fingerprint density at radius 3 is 2.18 bits per heavy atom. The van der Waals surface area contributed by atoms with Crippen LogP contribution >= 0.6 is 0 Å². The van der Waals surface area contributed by atoms with E-state index in [4.69, 9.17) is 9.47 Å². The van der Waals surface area contributed by atoms with Crippen LogP contribution in [0.25, 0.3) is 0 Å². The monoisotopic (exact) mass is 472 g/mol. The zero-order valence-electron chi connectivity index (χ0n) is 20.2. The van der Waals surface area contributed by atoms with Crippen LogP contribution in [-0.2, 0) is 23.9 Å². The predicted molar refractivity (Wildman–Crippen MR) is 121 cm³/mol. The van der Waals surface area contributed by atoms with E-state index in [9.17, 15) is 29.7 Å². The molecule has 0 radical (unpaired) electrons. The number of methoxy groups -OCH3 is 1. The van der Waals surface area contributed by atoms with Gasteiger partial charge in [-0.1, -0.05) is 39.3 Å². The van der Waals surface area contributed by atoms with E-state index in [1.807, 2.05) is 20.8 Å². The quantitative estimate of drug-likeness (QED) is 0.211. The maximum absolute atomic E-state index is 12.5. The summed E-state index contributed by atoms with van der Waals surface area (Å²) in [5.41, 5.74) is -0.255. The maximum Gasteiger partial charge on any atom is 0.325 e. The molecule has 10 heteroatoms. The molecule has 1 aliphatic rings. The zero-order valence-corrected chi connectivity index (χ0v) is 20.2. The number of aliphatic hydroxyl groups excluding tert-OH is 3. The molecule has 1 fully saturated rings. The van der Waals surface area contributed by atoms with Crippen LogP contribution in [0, 0.1) is 5.41 Å². The van der Waals surface area contributed by atoms with E-state index in [-0.39, 0.29) is 18.1 Å². The molecule has 2 amide bonds. The van der Waals surface area contributed by atoms with Gasteiger partial charge in [0.25, 0.3) is 5.91 Å². The molecule has 190 valence electrons. The fraction of sp³-hybridized carbons (Fsp3) is 0.783. The molecular weight excluding hydrogens is 432 g/mol. The summed E-state index contributed by atoms with van der Waals surface area (Å²) < 4.78 is 10.3. The van der Waals surface area contributed by atoms with Gasteiger partial charge in [-0.05, 0) is 38.0 Å². The van der Waals surface area contributed by atoms with Crippen molar-refractivity contribution in [3.8, 4) is 0 Å². The number of hydrogen-bond acceptors (Lipinski definition) is 8. The van der Waals surface area contributed by atoms with Gasteiger partial charge in [-0.15, -0.1) is 0 Å². The fourth-order valence-corrected chi connectivity index (χ4v) is 3.37. The predicted octanol–water partition coefficient (Wildman–Crippen LogP) is 0.183. The number of aliphatic hydroxyl groups is 3. The Balaban J connectivity index is 2.54. The molecule has 1 saturated carbocycles. The Labute approximate surface area is 195 Å². The van der Waals surface area contributed by atoms with Crippen molar-refractivity contribution in [3.05, 3.63) is 12.2 Å². The van der Waals surface area contributed by atoms with Crippen LogP contribution in [0.15, 0.2) is 12.2 Å². The Kier molecular flexibility index (Phi) is 12.0. The first-order chi connectivity index (χ1) is 15.4. The summed E-state index contributed by atoms with van der Waals surface area (Å²) in [6.07, 6.45) is 1.25. The van der Waals surface area contributed by atoms with Gasteiger partial charge in [0.05, 0.1) is 0 Å². The average molecular weight is 473 g/mol. The van der Waals surface area contributed by atoms with Crippen molar-refractivity contribution in [2.45, 2.75) is 96.4 Å². The second-order valence-electron chi connectivity index (χ2n) is 9.55. The maximum atomic E-state index is 12.5. The smallest absolute Gasteiger partial charge is 0.325 e. The minimum absolute atomic E-state index is 0.121. The second kappa shape index (κ2) is 13.6. The van der Waals surface area contributed by atoms with Crippen LogP contribution in [0.5, 0.6) is 0 Å². The molecule has 0 aliphatic heterocycles. The number of amides is 2. The van der Waals surface area contributed by atoms with Crippen LogP contribution in [0.1, 0.15) is 59.8 Å². The molecule has 5 atom stereocenters. The molecule has 10 nitrogen and oxygen atoms in total. The first kappa shape index (κ1) is 29.0. The van der Waals surface area contributed by atoms with E-state index in [0.717, 1.165) is 39.2 Å². The van der Waals surface area contributed by atoms with Gasteiger partial charge in [-0.2, -0.15) is 0 Å². The zero-order chi connectivity index (χ0) is 25.2. The standard InChI is InChI=1S/C23H40N2O8/c1-14(21(30)24-13-17(27)33-15-9-7-6-8-10-15)25-22(31)20(32-5)19(29)18(28)16(26)11-12-23(2,3)4/h11-12,14-16,18-20,26,28-29H,6-10,13H2,1-5H3,(H,24,30)(H,25,31)/b12-11+/t14-,16+,18-,19+,20+/m0/s1. The topological polar surface area (TPSA) is 154 Å². The number of esters is 1. The summed E-state index contributed by atoms with van der Waals surface area (Å²) in [6.45, 7) is 6.76. The summed E-state index contributed by atoms with van der Waals surface area (Å²) in [6, 6.07) is -1.05. The lowest BCUT2D eigenvalue weighted by molar-refractivity contribution is -0.151. The van der Waals surface area contributed by atoms with E-state index in [0.29, 0.717) is 0 Å². The lowest BCUT2D eigenvalue weighted by Crippen LogP contribution is -2.55. The average Bonchev–Trinajstić information content (AvgIpc) is 2.75. The van der Waals surface area contributed by atoms with Gasteiger partial charge < -0.3 is 35.4 Å². The van der Waals surface area contributed by atoms with Crippen LogP contribution in [-0.4, -0.2) is 83.3 Å². The van der Waals surface area contributed by atoms with E-state index >= 15 is 0 Å². The second-order valence-corrected chi connectivity index (χ2v) is 9.55. The van der Waals surface area contributed by atoms with Crippen molar-refractivity contribution in [1.82, 2.24) is 10.6 Å². The number of ether oxygens (including phenoxy) is 2. The summed E-state index contributed by atoms with van der Waals surface area (Å²) in [4.78, 5) is 36.7. The largest absolute Gasteiger partial charge is 0.461 e. The van der Waals surface area contributed by atoms with Gasteiger partial charge >= 0.3 is 5.97 Å². The van der Waals surface area contributed by atoms with Crippen molar-refractivity contribution in [3.63, 3.8) is 0 Å². The van der Waals surface area contributed by atoms with Gasteiger partial charge in [0.15, 0.2) is 6.10 Å². The van der Waals surface area contributed by atoms with E-state index in [1.54, 1.807) is 6.08 Å². The number of allylic oxidation sites excluding steroid dienone is 1. The summed E-state index contributed by atoms with van der Waals surface area (Å²) in [7, 11) is 1.16. The summed E-state index contributed by atoms with van der Waals surface area (Å²) in [5.74, 6) is -2.02. The number of nitrogens with one attached hydrogen (secondary N) is 2. The van der Waals surface area contributed by atoms with E-state index < -0.39 is 48.2 Å². The minimum Gasteiger partial charge on any atom is -0.461 e. The molecule has 0 spiro atoms. The Morgan fingerprint density at radius 1 is 1.03 bits per heavy atom. The highest BCUT2D eigenvalue weighted by molar-refractivity contribution is 5.90. The van der Waals surface area contributed by atoms with Gasteiger partial charge in [-0.3, -0.25) is 14.4 Å². The van der Waals surface area contributed by atoms with Crippen molar-refractivity contribution >= 4 is 17.8 Å². The molecule has 0 aromatic rings. The Morgan fingerprint density at radius 2 is 1.64 bits per heavy atom. The van der Waals surface area contributed by atoms with Crippen molar-refractivity contribution in [1.29, 1.82) is 0 Å². The van der Waals surface area contributed by atoms with Gasteiger partial charge in [0, 0.05) is 7.11 Å². The SMILES string of the molecule is CO[C@@H](C(=O)N[C@@H](C)C(=O)NCC(=O)OC1CCCCC1)[C@H](O)[C@@H](O)[C@H](O)/C=C/C(C)(C)C. The number of hydrogen-bond donors (Lipinski definition) is 5. The van der Waals surface area contributed by atoms with Crippen molar-refractivity contribution in [2.75, 3.05) is 13.7 Å². The highest BCUT2D eigenvalue weighted by Crippen LogP contribution is 2.20. The third kappa shape index (κ3) is 10.6. The lowest BCUT2D eigenvalue weighted by Gasteiger charge is -2.28. The van der Waals surface area contributed by atoms with Crippen LogP contribution in [0.3, 0.4) is 0 Å². The molecule has 0 unspecified atom stereocenters. The first-order valence-electron chi connectivity index (χ1n) is 11.4. The molecule has 0 aromatic heterocycles. The van der Waals surface area contributed by atoms with E-state index in [1.165, 1.54) is 13.0 Å². The fourth-order valence-electron chi connectivity index (χ4n) is 3.37. The molecule has 0 heterocycles.